The van der Waals surface area contributed by atoms with E-state index in [0.717, 1.165) is 11.8 Å². The van der Waals surface area contributed by atoms with Crippen LogP contribution < -0.4 is 9.62 Å². The Balaban J connectivity index is 1.60. The topological polar surface area (TPSA) is 110 Å². The third kappa shape index (κ3) is 3.52. The normalized spacial score (nSPS) is 15.9. The lowest BCUT2D eigenvalue weighted by atomic mass is 10.1. The van der Waals surface area contributed by atoms with Crippen LogP contribution >= 0.6 is 0 Å². The summed E-state index contributed by atoms with van der Waals surface area (Å²) in [6, 6.07) is 8.78. The smallest absolute Gasteiger partial charge is 0.255 e. The molecule has 1 atom stereocenters. The zero-order valence-corrected chi connectivity index (χ0v) is 17.3. The average Bonchev–Trinajstić information content (AvgIpc) is 3.24. The van der Waals surface area contributed by atoms with Crippen LogP contribution in [0, 0.1) is 12.7 Å². The van der Waals surface area contributed by atoms with Gasteiger partial charge in [-0.15, -0.1) is 5.10 Å². The van der Waals surface area contributed by atoms with E-state index in [2.05, 4.69) is 20.8 Å². The van der Waals surface area contributed by atoms with Gasteiger partial charge in [0, 0.05) is 17.3 Å². The van der Waals surface area contributed by atoms with Crippen molar-refractivity contribution in [2.45, 2.75) is 26.3 Å². The van der Waals surface area contributed by atoms with Gasteiger partial charge in [0.1, 0.15) is 11.5 Å². The fourth-order valence-electron chi connectivity index (χ4n) is 3.66. The minimum absolute atomic E-state index is 0.113. The van der Waals surface area contributed by atoms with Gasteiger partial charge in [-0.3, -0.25) is 9.10 Å². The Morgan fingerprint density at radius 1 is 1.20 bits per heavy atom. The molecule has 2 aromatic carbocycles. The number of tetrazole rings is 1. The van der Waals surface area contributed by atoms with Crippen molar-refractivity contribution in [1.29, 1.82) is 0 Å². The summed E-state index contributed by atoms with van der Waals surface area (Å²) in [5.41, 5.74) is 2.23. The second-order valence-electron chi connectivity index (χ2n) is 7.21. The van der Waals surface area contributed by atoms with E-state index in [1.165, 1.54) is 27.2 Å². The summed E-state index contributed by atoms with van der Waals surface area (Å²) in [5, 5.41) is 13.7. The summed E-state index contributed by atoms with van der Waals surface area (Å²) in [6.45, 7) is 3.46. The fraction of sp³-hybridized carbons (Fsp3) is 0.263. The molecule has 1 amide bonds. The van der Waals surface area contributed by atoms with Crippen LogP contribution in [0.3, 0.4) is 0 Å². The summed E-state index contributed by atoms with van der Waals surface area (Å²) in [6.07, 6.45) is 1.68. The molecule has 0 spiro atoms. The highest BCUT2D eigenvalue weighted by Crippen LogP contribution is 2.34. The van der Waals surface area contributed by atoms with Gasteiger partial charge in [-0.1, -0.05) is 0 Å². The minimum Gasteiger partial charge on any atom is -0.322 e. The van der Waals surface area contributed by atoms with Crippen LogP contribution in [-0.4, -0.2) is 46.8 Å². The molecule has 0 fully saturated rings. The number of anilines is 2. The van der Waals surface area contributed by atoms with E-state index >= 15 is 0 Å². The zero-order valence-electron chi connectivity index (χ0n) is 16.5. The standard InChI is InChI=1S/C19H19FN6O3S/c1-11-8-14-9-13(4-7-17(14)26(11)30(3,28)29)19(27)21-15-5-6-16(20)18(10-15)25-12(2)22-23-24-25/h4-7,9-11H,8H2,1-3H3,(H,21,27). The maximum absolute atomic E-state index is 14.2. The molecule has 4 rings (SSSR count). The molecular formula is C19H19FN6O3S. The van der Waals surface area contributed by atoms with Gasteiger partial charge in [0.2, 0.25) is 10.0 Å². The molecule has 11 heteroatoms. The van der Waals surface area contributed by atoms with Crippen molar-refractivity contribution in [2.75, 3.05) is 15.9 Å². The maximum Gasteiger partial charge on any atom is 0.255 e. The molecule has 0 radical (unpaired) electrons. The largest absolute Gasteiger partial charge is 0.322 e. The number of aromatic nitrogens is 4. The molecule has 1 aliphatic rings. The second-order valence-corrected chi connectivity index (χ2v) is 9.07. The van der Waals surface area contributed by atoms with E-state index in [0.29, 0.717) is 29.2 Å². The average molecular weight is 430 g/mol. The predicted octanol–water partition coefficient (Wildman–Crippen LogP) is 2.07. The molecule has 1 N–H and O–H groups in total. The second kappa shape index (κ2) is 7.17. The van der Waals surface area contributed by atoms with Crippen molar-refractivity contribution >= 4 is 27.3 Å². The third-order valence-corrected chi connectivity index (χ3v) is 6.18. The first kappa shape index (κ1) is 20.0. The Kier molecular flexibility index (Phi) is 4.77. The predicted molar refractivity (Wildman–Crippen MR) is 109 cm³/mol. The first-order chi connectivity index (χ1) is 14.1. The Morgan fingerprint density at radius 2 is 1.97 bits per heavy atom. The highest BCUT2D eigenvalue weighted by atomic mass is 32.2. The first-order valence-corrected chi connectivity index (χ1v) is 11.0. The number of carbonyl (C=O) groups excluding carboxylic acids is 1. The molecule has 1 aliphatic heterocycles. The number of nitrogens with one attached hydrogen (secondary N) is 1. The van der Waals surface area contributed by atoms with E-state index in [1.807, 2.05) is 6.92 Å². The van der Waals surface area contributed by atoms with Gasteiger partial charge in [-0.25, -0.2) is 12.8 Å². The number of aryl methyl sites for hydroxylation is 1. The van der Waals surface area contributed by atoms with Crippen molar-refractivity contribution in [3.63, 3.8) is 0 Å². The maximum atomic E-state index is 14.2. The minimum atomic E-state index is -3.40. The summed E-state index contributed by atoms with van der Waals surface area (Å²) in [5.74, 6) is -0.523. The van der Waals surface area contributed by atoms with Gasteiger partial charge < -0.3 is 5.32 Å². The summed E-state index contributed by atoms with van der Waals surface area (Å²) in [7, 11) is -3.40. The number of nitrogens with zero attached hydrogens (tertiary/aromatic N) is 5. The van der Waals surface area contributed by atoms with Crippen molar-refractivity contribution < 1.29 is 17.6 Å². The van der Waals surface area contributed by atoms with Crippen LogP contribution in [0.5, 0.6) is 0 Å². The van der Waals surface area contributed by atoms with Crippen LogP contribution in [-0.2, 0) is 16.4 Å². The Bertz CT molecular complexity index is 1260. The van der Waals surface area contributed by atoms with Crippen LogP contribution in [0.15, 0.2) is 36.4 Å². The van der Waals surface area contributed by atoms with Crippen LogP contribution in [0.2, 0.25) is 0 Å². The molecule has 0 saturated heterocycles. The quantitative estimate of drug-likeness (QED) is 0.679. The molecule has 30 heavy (non-hydrogen) atoms. The molecule has 2 heterocycles. The molecule has 1 aromatic heterocycles. The Hall–Kier alpha value is -3.34. The van der Waals surface area contributed by atoms with Crippen molar-refractivity contribution in [3.05, 3.63) is 59.2 Å². The van der Waals surface area contributed by atoms with E-state index in [4.69, 9.17) is 0 Å². The van der Waals surface area contributed by atoms with Crippen molar-refractivity contribution in [1.82, 2.24) is 20.2 Å². The van der Waals surface area contributed by atoms with Gasteiger partial charge in [-0.2, -0.15) is 4.68 Å². The highest BCUT2D eigenvalue weighted by Gasteiger charge is 2.32. The van der Waals surface area contributed by atoms with Gasteiger partial charge in [0.05, 0.1) is 11.9 Å². The van der Waals surface area contributed by atoms with Crippen LogP contribution in [0.1, 0.15) is 28.7 Å². The third-order valence-electron chi connectivity index (χ3n) is 4.91. The number of carbonyl (C=O) groups is 1. The fourth-order valence-corrected chi connectivity index (χ4v) is 4.92. The number of benzene rings is 2. The van der Waals surface area contributed by atoms with Gasteiger partial charge in [0.15, 0.2) is 5.82 Å². The van der Waals surface area contributed by atoms with Gasteiger partial charge in [0.25, 0.3) is 5.91 Å². The van der Waals surface area contributed by atoms with Crippen molar-refractivity contribution in [2.24, 2.45) is 0 Å². The molecule has 0 bridgehead atoms. The Morgan fingerprint density at radius 3 is 2.63 bits per heavy atom. The molecular weight excluding hydrogens is 411 g/mol. The summed E-state index contributed by atoms with van der Waals surface area (Å²) in [4.78, 5) is 12.7. The number of fused-ring (bicyclic) bond motifs is 1. The number of rotatable bonds is 4. The van der Waals surface area contributed by atoms with E-state index in [9.17, 15) is 17.6 Å². The zero-order chi connectivity index (χ0) is 21.6. The summed E-state index contributed by atoms with van der Waals surface area (Å²) >= 11 is 0. The lowest BCUT2D eigenvalue weighted by Gasteiger charge is -2.21. The van der Waals surface area contributed by atoms with Gasteiger partial charge >= 0.3 is 0 Å². The number of halogens is 1. The van der Waals surface area contributed by atoms with Crippen molar-refractivity contribution in [3.8, 4) is 5.69 Å². The van der Waals surface area contributed by atoms with Crippen LogP contribution in [0.4, 0.5) is 15.8 Å². The number of amides is 1. The Labute approximate surface area is 172 Å². The van der Waals surface area contributed by atoms with E-state index in [1.54, 1.807) is 25.1 Å². The van der Waals surface area contributed by atoms with E-state index in [-0.39, 0.29) is 11.7 Å². The van der Waals surface area contributed by atoms with E-state index < -0.39 is 21.7 Å². The van der Waals surface area contributed by atoms with Crippen LogP contribution in [0.25, 0.3) is 5.69 Å². The molecule has 3 aromatic rings. The van der Waals surface area contributed by atoms with Gasteiger partial charge in [-0.05, 0) is 72.7 Å². The summed E-state index contributed by atoms with van der Waals surface area (Å²) < 4.78 is 40.9. The lowest BCUT2D eigenvalue weighted by molar-refractivity contribution is 0.102. The highest BCUT2D eigenvalue weighted by molar-refractivity contribution is 7.92. The molecule has 1 unspecified atom stereocenters. The first-order valence-electron chi connectivity index (χ1n) is 9.14. The number of hydrogen-bond acceptors (Lipinski definition) is 6. The molecule has 156 valence electrons. The number of hydrogen-bond donors (Lipinski definition) is 1. The molecule has 9 nitrogen and oxygen atoms in total. The monoisotopic (exact) mass is 430 g/mol. The number of sulfonamides is 1. The SMILES string of the molecule is Cc1nnnn1-c1cc(NC(=O)c2ccc3c(c2)CC(C)N3S(C)(=O)=O)ccc1F. The molecule has 0 aliphatic carbocycles. The lowest BCUT2D eigenvalue weighted by Crippen LogP contribution is -2.34. The molecule has 0 saturated carbocycles.